The van der Waals surface area contributed by atoms with Gasteiger partial charge in [-0.3, -0.25) is 14.7 Å². The molecule has 0 radical (unpaired) electrons. The molecule has 1 fully saturated rings. The fourth-order valence-electron chi connectivity index (χ4n) is 3.64. The Hall–Kier alpha value is -2.60. The number of carboxylic acid groups (broad SMARTS) is 1. The molecular weight excluding hydrogens is 344 g/mol. The predicted molar refractivity (Wildman–Crippen MR) is 102 cm³/mol. The first kappa shape index (κ1) is 19.2. The zero-order valence-electron chi connectivity index (χ0n) is 16.0. The van der Waals surface area contributed by atoms with Gasteiger partial charge >= 0.3 is 5.97 Å². The van der Waals surface area contributed by atoms with Crippen molar-refractivity contribution in [1.29, 1.82) is 0 Å². The molecule has 1 N–H and O–H groups in total. The smallest absolute Gasteiger partial charge is 0.306 e. The third kappa shape index (κ3) is 4.22. The first-order valence-electron chi connectivity index (χ1n) is 9.14. The van der Waals surface area contributed by atoms with E-state index in [9.17, 15) is 9.90 Å². The summed E-state index contributed by atoms with van der Waals surface area (Å²) in [7, 11) is 3.30. The molecule has 27 heavy (non-hydrogen) atoms. The van der Waals surface area contributed by atoms with Crippen LogP contribution < -0.4 is 9.47 Å². The fourth-order valence-corrected chi connectivity index (χ4v) is 3.64. The van der Waals surface area contributed by atoms with E-state index in [1.807, 2.05) is 43.5 Å². The standard InChI is InChI=1S/C21H26N2O4/c1-14-4-6-18(22-13-14)20(23-10-8-15(9-11-23)21(24)25)17-12-16(26-2)5-7-19(17)27-3/h4-7,12-13,15,20H,8-11H2,1-3H3,(H,24,25). The molecule has 1 aliphatic heterocycles. The molecule has 3 rings (SSSR count). The zero-order valence-corrected chi connectivity index (χ0v) is 16.0. The highest BCUT2D eigenvalue weighted by Crippen LogP contribution is 2.38. The third-order valence-electron chi connectivity index (χ3n) is 5.19. The number of rotatable bonds is 6. The normalized spacial score (nSPS) is 16.7. The van der Waals surface area contributed by atoms with Gasteiger partial charge in [-0.2, -0.15) is 0 Å². The Morgan fingerprint density at radius 3 is 2.48 bits per heavy atom. The van der Waals surface area contributed by atoms with Gasteiger partial charge in [-0.1, -0.05) is 6.07 Å². The van der Waals surface area contributed by atoms with Gasteiger partial charge in [0.1, 0.15) is 11.5 Å². The van der Waals surface area contributed by atoms with Crippen LogP contribution in [0, 0.1) is 12.8 Å². The summed E-state index contributed by atoms with van der Waals surface area (Å²) >= 11 is 0. The lowest BCUT2D eigenvalue weighted by molar-refractivity contribution is -0.143. The summed E-state index contributed by atoms with van der Waals surface area (Å²) in [6.07, 6.45) is 3.12. The quantitative estimate of drug-likeness (QED) is 0.841. The minimum absolute atomic E-state index is 0.120. The summed E-state index contributed by atoms with van der Waals surface area (Å²) in [5.74, 6) is 0.533. The summed E-state index contributed by atoms with van der Waals surface area (Å²) in [5, 5.41) is 9.31. The summed E-state index contributed by atoms with van der Waals surface area (Å²) < 4.78 is 11.0. The van der Waals surface area contributed by atoms with E-state index >= 15 is 0 Å². The van der Waals surface area contributed by atoms with Crippen LogP contribution in [-0.2, 0) is 4.79 Å². The van der Waals surface area contributed by atoms with Gasteiger partial charge in [0.15, 0.2) is 0 Å². The third-order valence-corrected chi connectivity index (χ3v) is 5.19. The van der Waals surface area contributed by atoms with Crippen molar-refractivity contribution in [2.75, 3.05) is 27.3 Å². The Labute approximate surface area is 159 Å². The largest absolute Gasteiger partial charge is 0.497 e. The number of aliphatic carboxylic acids is 1. The summed E-state index contributed by atoms with van der Waals surface area (Å²) in [4.78, 5) is 18.3. The number of hydrogen-bond donors (Lipinski definition) is 1. The van der Waals surface area contributed by atoms with E-state index in [4.69, 9.17) is 9.47 Å². The maximum atomic E-state index is 11.3. The molecule has 1 unspecified atom stereocenters. The second-order valence-electron chi connectivity index (χ2n) is 6.92. The Morgan fingerprint density at radius 2 is 1.93 bits per heavy atom. The lowest BCUT2D eigenvalue weighted by atomic mass is 9.92. The average molecular weight is 370 g/mol. The molecule has 6 nitrogen and oxygen atoms in total. The minimum Gasteiger partial charge on any atom is -0.497 e. The Morgan fingerprint density at radius 1 is 1.19 bits per heavy atom. The minimum atomic E-state index is -0.710. The van der Waals surface area contributed by atoms with E-state index in [2.05, 4.69) is 9.88 Å². The van der Waals surface area contributed by atoms with E-state index in [1.165, 1.54) is 0 Å². The van der Waals surface area contributed by atoms with Crippen molar-refractivity contribution in [3.8, 4) is 11.5 Å². The van der Waals surface area contributed by atoms with Gasteiger partial charge in [-0.05, 0) is 62.7 Å². The van der Waals surface area contributed by atoms with Gasteiger partial charge in [0.25, 0.3) is 0 Å². The molecule has 1 aliphatic rings. The van der Waals surface area contributed by atoms with Crippen molar-refractivity contribution in [2.45, 2.75) is 25.8 Å². The summed E-state index contributed by atoms with van der Waals surface area (Å²) in [6, 6.07) is 9.71. The Balaban J connectivity index is 2.01. The molecule has 2 heterocycles. The fraction of sp³-hybridized carbons (Fsp3) is 0.429. The van der Waals surface area contributed by atoms with Crippen molar-refractivity contribution >= 4 is 5.97 Å². The number of hydrogen-bond acceptors (Lipinski definition) is 5. The number of aromatic nitrogens is 1. The number of methoxy groups -OCH3 is 2. The van der Waals surface area contributed by atoms with Gasteiger partial charge in [0.2, 0.25) is 0 Å². The number of pyridine rings is 1. The number of carboxylic acids is 1. The number of benzene rings is 1. The molecule has 1 aromatic heterocycles. The average Bonchev–Trinajstić information content (AvgIpc) is 2.70. The van der Waals surface area contributed by atoms with Gasteiger partial charge in [-0.25, -0.2) is 0 Å². The molecule has 6 heteroatoms. The van der Waals surface area contributed by atoms with Gasteiger partial charge < -0.3 is 14.6 Å². The Bertz CT molecular complexity index is 783. The van der Waals surface area contributed by atoms with E-state index in [-0.39, 0.29) is 12.0 Å². The SMILES string of the molecule is COc1ccc(OC)c(C(c2ccc(C)cn2)N2CCC(C(=O)O)CC2)c1. The maximum Gasteiger partial charge on any atom is 0.306 e. The first-order valence-corrected chi connectivity index (χ1v) is 9.14. The van der Waals surface area contributed by atoms with Crippen LogP contribution in [0.4, 0.5) is 0 Å². The molecule has 1 atom stereocenters. The highest BCUT2D eigenvalue weighted by atomic mass is 16.5. The van der Waals surface area contributed by atoms with Crippen LogP contribution in [0.2, 0.25) is 0 Å². The number of aryl methyl sites for hydroxylation is 1. The first-order chi connectivity index (χ1) is 13.0. The number of nitrogens with zero attached hydrogens (tertiary/aromatic N) is 2. The number of piperidine rings is 1. The van der Waals surface area contributed by atoms with Crippen LogP contribution in [0.5, 0.6) is 11.5 Å². The van der Waals surface area contributed by atoms with Crippen molar-refractivity contribution < 1.29 is 19.4 Å². The van der Waals surface area contributed by atoms with Gasteiger partial charge in [-0.15, -0.1) is 0 Å². The van der Waals surface area contributed by atoms with Crippen molar-refractivity contribution in [3.05, 3.63) is 53.3 Å². The summed E-state index contributed by atoms with van der Waals surface area (Å²) in [5.41, 5.74) is 2.99. The van der Waals surface area contributed by atoms with Crippen LogP contribution in [0.25, 0.3) is 0 Å². The van der Waals surface area contributed by atoms with Gasteiger partial charge in [0, 0.05) is 11.8 Å². The topological polar surface area (TPSA) is 71.9 Å². The molecule has 0 saturated carbocycles. The van der Waals surface area contributed by atoms with Crippen LogP contribution >= 0.6 is 0 Å². The molecule has 1 saturated heterocycles. The monoisotopic (exact) mass is 370 g/mol. The van der Waals surface area contributed by atoms with E-state index in [0.29, 0.717) is 25.9 Å². The number of ether oxygens (including phenoxy) is 2. The maximum absolute atomic E-state index is 11.3. The molecular formula is C21H26N2O4. The second-order valence-corrected chi connectivity index (χ2v) is 6.92. The zero-order chi connectivity index (χ0) is 19.4. The van der Waals surface area contributed by atoms with Gasteiger partial charge in [0.05, 0.1) is 31.9 Å². The molecule has 0 amide bonds. The van der Waals surface area contributed by atoms with E-state index in [1.54, 1.807) is 14.2 Å². The van der Waals surface area contributed by atoms with Crippen molar-refractivity contribution in [1.82, 2.24) is 9.88 Å². The molecule has 0 spiro atoms. The highest BCUT2D eigenvalue weighted by Gasteiger charge is 2.32. The van der Waals surface area contributed by atoms with Crippen molar-refractivity contribution in [2.24, 2.45) is 5.92 Å². The molecule has 1 aromatic carbocycles. The van der Waals surface area contributed by atoms with Crippen LogP contribution in [-0.4, -0.2) is 48.3 Å². The molecule has 0 aliphatic carbocycles. The Kier molecular flexibility index (Phi) is 5.96. The highest BCUT2D eigenvalue weighted by molar-refractivity contribution is 5.70. The number of likely N-dealkylation sites (tertiary alicyclic amines) is 1. The van der Waals surface area contributed by atoms with Crippen LogP contribution in [0.1, 0.15) is 35.7 Å². The summed E-state index contributed by atoms with van der Waals surface area (Å²) in [6.45, 7) is 3.39. The molecule has 144 valence electrons. The number of carbonyl (C=O) groups is 1. The molecule has 0 bridgehead atoms. The molecule has 2 aromatic rings. The predicted octanol–water partition coefficient (Wildman–Crippen LogP) is 3.29. The van der Waals surface area contributed by atoms with E-state index in [0.717, 1.165) is 28.3 Å². The second kappa shape index (κ2) is 8.39. The van der Waals surface area contributed by atoms with Crippen LogP contribution in [0.15, 0.2) is 36.5 Å². The lowest BCUT2D eigenvalue weighted by Gasteiger charge is -2.37. The van der Waals surface area contributed by atoms with Crippen LogP contribution in [0.3, 0.4) is 0 Å². The van der Waals surface area contributed by atoms with E-state index < -0.39 is 5.97 Å². The van der Waals surface area contributed by atoms with Crippen molar-refractivity contribution in [3.63, 3.8) is 0 Å². The lowest BCUT2D eigenvalue weighted by Crippen LogP contribution is -2.39.